The van der Waals surface area contributed by atoms with Crippen LogP contribution in [0.3, 0.4) is 0 Å². The van der Waals surface area contributed by atoms with Gasteiger partial charge in [0.25, 0.3) is 0 Å². The minimum absolute atomic E-state index is 0.0916. The summed E-state index contributed by atoms with van der Waals surface area (Å²) >= 11 is 6.05. The van der Waals surface area contributed by atoms with E-state index < -0.39 is 0 Å². The summed E-state index contributed by atoms with van der Waals surface area (Å²) in [6.45, 7) is 1.17. The van der Waals surface area contributed by atoms with Gasteiger partial charge in [-0.15, -0.1) is 0 Å². The number of hydrogen-bond donors (Lipinski definition) is 2. The van der Waals surface area contributed by atoms with Gasteiger partial charge in [0.1, 0.15) is 5.75 Å². The largest absolute Gasteiger partial charge is 0.495 e. The molecule has 0 unspecified atom stereocenters. The zero-order valence-corrected chi connectivity index (χ0v) is 15.9. The molecule has 2 N–H and O–H groups in total. The van der Waals surface area contributed by atoms with Crippen molar-refractivity contribution in [1.82, 2.24) is 5.32 Å². The van der Waals surface area contributed by atoms with E-state index in [0.717, 1.165) is 5.56 Å². The van der Waals surface area contributed by atoms with Crippen molar-refractivity contribution in [1.29, 1.82) is 0 Å². The summed E-state index contributed by atoms with van der Waals surface area (Å²) in [4.78, 5) is 12.0. The minimum atomic E-state index is -0.0916. The topological polar surface area (TPSA) is 68.8 Å². The molecular formula is C19H23ClN2O4. The second kappa shape index (κ2) is 9.89. The van der Waals surface area contributed by atoms with Crippen LogP contribution >= 0.6 is 11.6 Å². The van der Waals surface area contributed by atoms with Crippen molar-refractivity contribution in [2.45, 2.75) is 13.0 Å². The summed E-state index contributed by atoms with van der Waals surface area (Å²) in [5, 5.41) is 6.50. The van der Waals surface area contributed by atoms with Crippen LogP contribution in [0.1, 0.15) is 12.0 Å². The van der Waals surface area contributed by atoms with Crippen molar-refractivity contribution in [3.8, 4) is 17.2 Å². The number of benzene rings is 2. The van der Waals surface area contributed by atoms with E-state index in [-0.39, 0.29) is 5.91 Å². The maximum absolute atomic E-state index is 12.0. The first kappa shape index (κ1) is 19.9. The van der Waals surface area contributed by atoms with Crippen LogP contribution < -0.4 is 24.8 Å². The Kier molecular flexibility index (Phi) is 7.56. The Morgan fingerprint density at radius 3 is 2.31 bits per heavy atom. The summed E-state index contributed by atoms with van der Waals surface area (Å²) < 4.78 is 15.6. The average Bonchev–Trinajstić information content (AvgIpc) is 2.65. The first-order chi connectivity index (χ1) is 12.6. The fraction of sp³-hybridized carbons (Fsp3) is 0.316. The third-order valence-electron chi connectivity index (χ3n) is 3.74. The van der Waals surface area contributed by atoms with E-state index in [0.29, 0.717) is 47.5 Å². The Morgan fingerprint density at radius 2 is 1.65 bits per heavy atom. The highest BCUT2D eigenvalue weighted by Gasteiger charge is 2.07. The molecule has 0 atom stereocenters. The average molecular weight is 379 g/mol. The minimum Gasteiger partial charge on any atom is -0.495 e. The summed E-state index contributed by atoms with van der Waals surface area (Å²) in [5.74, 6) is 1.85. The van der Waals surface area contributed by atoms with Crippen LogP contribution in [0.4, 0.5) is 5.69 Å². The van der Waals surface area contributed by atoms with E-state index in [1.807, 2.05) is 18.2 Å². The van der Waals surface area contributed by atoms with Crippen molar-refractivity contribution in [2.24, 2.45) is 0 Å². The van der Waals surface area contributed by atoms with Crippen molar-refractivity contribution in [2.75, 3.05) is 33.2 Å². The molecule has 140 valence electrons. The number of carbonyl (C=O) groups excluding carboxylic acids is 1. The molecule has 0 aliphatic rings. The maximum atomic E-state index is 12.0. The van der Waals surface area contributed by atoms with Crippen molar-refractivity contribution < 1.29 is 19.0 Å². The van der Waals surface area contributed by atoms with Gasteiger partial charge in [0, 0.05) is 25.2 Å². The van der Waals surface area contributed by atoms with Gasteiger partial charge in [0.05, 0.1) is 26.4 Å². The van der Waals surface area contributed by atoms with Crippen molar-refractivity contribution >= 4 is 23.2 Å². The summed E-state index contributed by atoms with van der Waals surface area (Å²) in [5.41, 5.74) is 1.69. The zero-order valence-electron chi connectivity index (χ0n) is 15.1. The lowest BCUT2D eigenvalue weighted by atomic mass is 10.2. The Hall–Kier alpha value is -2.44. The smallest absolute Gasteiger partial charge is 0.225 e. The number of anilines is 1. The molecule has 7 heteroatoms. The second-order valence-corrected chi connectivity index (χ2v) is 5.92. The molecule has 0 saturated heterocycles. The number of nitrogens with one attached hydrogen (secondary N) is 2. The molecule has 0 heterocycles. The summed E-state index contributed by atoms with van der Waals surface area (Å²) in [7, 11) is 4.75. The number of halogens is 1. The molecule has 0 spiro atoms. The van der Waals surface area contributed by atoms with E-state index in [2.05, 4.69) is 10.6 Å². The van der Waals surface area contributed by atoms with Gasteiger partial charge in [-0.3, -0.25) is 4.79 Å². The van der Waals surface area contributed by atoms with Gasteiger partial charge in [-0.1, -0.05) is 17.7 Å². The van der Waals surface area contributed by atoms with Gasteiger partial charge >= 0.3 is 0 Å². The fourth-order valence-corrected chi connectivity index (χ4v) is 2.65. The molecule has 0 bridgehead atoms. The molecule has 2 rings (SSSR count). The first-order valence-corrected chi connectivity index (χ1v) is 8.50. The molecular weight excluding hydrogens is 356 g/mol. The Bertz CT molecular complexity index is 752. The quantitative estimate of drug-likeness (QED) is 0.654. The standard InChI is InChI=1S/C19H23ClN2O4/c1-24-16-7-5-14(11-15(16)20)22-19(23)8-9-21-12-13-4-6-17(25-2)18(10-13)26-3/h4-7,10-11,21H,8-9,12H2,1-3H3,(H,22,23). The van der Waals surface area contributed by atoms with E-state index in [4.69, 9.17) is 25.8 Å². The lowest BCUT2D eigenvalue weighted by Crippen LogP contribution is -2.21. The molecule has 0 aliphatic heterocycles. The molecule has 2 aromatic carbocycles. The van der Waals surface area contributed by atoms with Crippen LogP contribution in [-0.2, 0) is 11.3 Å². The molecule has 0 aliphatic carbocycles. The monoisotopic (exact) mass is 378 g/mol. The number of ether oxygens (including phenoxy) is 3. The van der Waals surface area contributed by atoms with Gasteiger partial charge in [0.15, 0.2) is 11.5 Å². The molecule has 0 aromatic heterocycles. The highest BCUT2D eigenvalue weighted by molar-refractivity contribution is 6.32. The summed E-state index contributed by atoms with van der Waals surface area (Å²) in [6.07, 6.45) is 0.344. The molecule has 0 radical (unpaired) electrons. The van der Waals surface area contributed by atoms with Crippen LogP contribution in [0.15, 0.2) is 36.4 Å². The number of methoxy groups -OCH3 is 3. The zero-order chi connectivity index (χ0) is 18.9. The maximum Gasteiger partial charge on any atom is 0.225 e. The third-order valence-corrected chi connectivity index (χ3v) is 4.04. The lowest BCUT2D eigenvalue weighted by molar-refractivity contribution is -0.116. The molecule has 26 heavy (non-hydrogen) atoms. The van der Waals surface area contributed by atoms with Crippen molar-refractivity contribution in [3.63, 3.8) is 0 Å². The number of hydrogen-bond acceptors (Lipinski definition) is 5. The van der Waals surface area contributed by atoms with Gasteiger partial charge in [-0.2, -0.15) is 0 Å². The third kappa shape index (κ3) is 5.54. The van der Waals surface area contributed by atoms with Gasteiger partial charge < -0.3 is 24.8 Å². The van der Waals surface area contributed by atoms with Crippen LogP contribution in [0, 0.1) is 0 Å². The molecule has 2 aromatic rings. The molecule has 1 amide bonds. The summed E-state index contributed by atoms with van der Waals surface area (Å²) in [6, 6.07) is 10.8. The first-order valence-electron chi connectivity index (χ1n) is 8.12. The normalized spacial score (nSPS) is 10.3. The van der Waals surface area contributed by atoms with Crippen LogP contribution in [0.5, 0.6) is 17.2 Å². The fourth-order valence-electron chi connectivity index (χ4n) is 2.39. The van der Waals surface area contributed by atoms with Gasteiger partial charge in [-0.05, 0) is 35.9 Å². The Morgan fingerprint density at radius 1 is 0.962 bits per heavy atom. The molecule has 0 fully saturated rings. The predicted octanol–water partition coefficient (Wildman–Crippen LogP) is 3.48. The van der Waals surface area contributed by atoms with E-state index in [1.165, 1.54) is 0 Å². The SMILES string of the molecule is COc1ccc(NC(=O)CCNCc2ccc(OC)c(OC)c2)cc1Cl. The van der Waals surface area contributed by atoms with Crippen LogP contribution in [0.2, 0.25) is 5.02 Å². The molecule has 0 saturated carbocycles. The molecule has 6 nitrogen and oxygen atoms in total. The van der Waals surface area contributed by atoms with E-state index >= 15 is 0 Å². The van der Waals surface area contributed by atoms with Crippen LogP contribution in [-0.4, -0.2) is 33.8 Å². The van der Waals surface area contributed by atoms with Gasteiger partial charge in [-0.25, -0.2) is 0 Å². The van der Waals surface area contributed by atoms with Crippen molar-refractivity contribution in [3.05, 3.63) is 47.0 Å². The highest BCUT2D eigenvalue weighted by Crippen LogP contribution is 2.28. The Balaban J connectivity index is 1.77. The highest BCUT2D eigenvalue weighted by atomic mass is 35.5. The van der Waals surface area contributed by atoms with E-state index in [9.17, 15) is 4.79 Å². The number of rotatable bonds is 9. The predicted molar refractivity (Wildman–Crippen MR) is 103 cm³/mol. The number of carbonyl (C=O) groups is 1. The van der Waals surface area contributed by atoms with E-state index in [1.54, 1.807) is 39.5 Å². The lowest BCUT2D eigenvalue weighted by Gasteiger charge is -2.11. The van der Waals surface area contributed by atoms with Gasteiger partial charge in [0.2, 0.25) is 5.91 Å². The number of amides is 1. The Labute approximate surface area is 158 Å². The second-order valence-electron chi connectivity index (χ2n) is 5.51. The van der Waals surface area contributed by atoms with Crippen LogP contribution in [0.25, 0.3) is 0 Å².